The molecule has 0 aliphatic heterocycles. The molecule has 10 heteroatoms. The van der Waals surface area contributed by atoms with E-state index in [1.807, 2.05) is 0 Å². The quantitative estimate of drug-likeness (QED) is 0.497. The van der Waals surface area contributed by atoms with E-state index < -0.39 is 17.2 Å². The second kappa shape index (κ2) is 7.75. The molecule has 0 spiro atoms. The summed E-state index contributed by atoms with van der Waals surface area (Å²) in [5, 5.41) is 9.41. The molecule has 136 valence electrons. The van der Waals surface area contributed by atoms with E-state index in [1.165, 1.54) is 12.1 Å². The molecule has 0 saturated heterocycles. The number of halogens is 2. The number of aromatic nitrogens is 4. The monoisotopic (exact) mass is 379 g/mol. The molecular weight excluding hydrogens is 364 g/mol. The van der Waals surface area contributed by atoms with Crippen LogP contribution in [0.5, 0.6) is 0 Å². The van der Waals surface area contributed by atoms with Crippen molar-refractivity contribution in [3.63, 3.8) is 0 Å². The highest BCUT2D eigenvalue weighted by Crippen LogP contribution is 2.26. The lowest BCUT2D eigenvalue weighted by atomic mass is 10.2. The Labute approximate surface area is 151 Å². The molecule has 2 heterocycles. The minimum Gasteiger partial charge on any atom is -0.395 e. The van der Waals surface area contributed by atoms with Crippen molar-refractivity contribution in [2.24, 2.45) is 0 Å². The number of hydrogen-bond acceptors (Lipinski definition) is 7. The number of H-pyrrole nitrogens is 1. The Bertz CT molecular complexity index is 998. The summed E-state index contributed by atoms with van der Waals surface area (Å²) in [4.78, 5) is 28.5. The van der Waals surface area contributed by atoms with Gasteiger partial charge in [0.2, 0.25) is 0 Å². The van der Waals surface area contributed by atoms with Gasteiger partial charge in [0.25, 0.3) is 5.56 Å². The Morgan fingerprint density at radius 3 is 2.88 bits per heavy atom. The zero-order chi connectivity index (χ0) is 18.7. The van der Waals surface area contributed by atoms with Crippen molar-refractivity contribution in [1.29, 1.82) is 0 Å². The number of aliphatic hydroxyl groups is 1. The van der Waals surface area contributed by atoms with Crippen LogP contribution in [0.4, 0.5) is 14.6 Å². The van der Waals surface area contributed by atoms with E-state index in [2.05, 4.69) is 19.9 Å². The average molecular weight is 379 g/mol. The smallest absolute Gasteiger partial charge is 0.268 e. The summed E-state index contributed by atoms with van der Waals surface area (Å²) in [5.74, 6) is -1.29. The molecule has 0 amide bonds. The summed E-state index contributed by atoms with van der Waals surface area (Å²) in [5.41, 5.74) is 0.374. The minimum atomic E-state index is -0.917. The summed E-state index contributed by atoms with van der Waals surface area (Å²) in [6, 6.07) is 3.96. The number of aromatic amines is 1. The van der Waals surface area contributed by atoms with Crippen LogP contribution in [0.25, 0.3) is 11.2 Å². The maximum atomic E-state index is 13.8. The van der Waals surface area contributed by atoms with Crippen LogP contribution < -0.4 is 10.5 Å². The lowest BCUT2D eigenvalue weighted by molar-refractivity contribution is 0.304. The molecule has 0 unspecified atom stereocenters. The summed E-state index contributed by atoms with van der Waals surface area (Å²) in [6.45, 7) is 0.206. The molecule has 2 N–H and O–H groups in total. The van der Waals surface area contributed by atoms with Crippen LogP contribution in [0, 0.1) is 11.6 Å². The van der Waals surface area contributed by atoms with Crippen molar-refractivity contribution in [3.8, 4) is 0 Å². The first kappa shape index (κ1) is 18.2. The number of nitrogens with one attached hydrogen (secondary N) is 1. The largest absolute Gasteiger partial charge is 0.395 e. The standard InChI is InChI=1S/C16H15F2N5O2S/c1-23(5-6-24)15-13-14(20-11(25)7-19-13)21-16(22-15)26-8-9-3-2-4-10(17)12(9)18/h2-4,7,24H,5-6,8H2,1H3,(H,20,21,22,25). The zero-order valence-electron chi connectivity index (χ0n) is 13.7. The lowest BCUT2D eigenvalue weighted by Gasteiger charge is -2.18. The van der Waals surface area contributed by atoms with E-state index in [4.69, 9.17) is 5.11 Å². The number of anilines is 1. The van der Waals surface area contributed by atoms with Gasteiger partial charge in [-0.2, -0.15) is 0 Å². The van der Waals surface area contributed by atoms with Gasteiger partial charge >= 0.3 is 0 Å². The molecule has 0 saturated carbocycles. The fourth-order valence-electron chi connectivity index (χ4n) is 2.29. The molecule has 1 aromatic carbocycles. The van der Waals surface area contributed by atoms with Gasteiger partial charge in [-0.25, -0.2) is 23.7 Å². The predicted octanol–water partition coefficient (Wildman–Crippen LogP) is 1.71. The van der Waals surface area contributed by atoms with Gasteiger partial charge in [0.05, 0.1) is 12.8 Å². The van der Waals surface area contributed by atoms with Crippen molar-refractivity contribution in [1.82, 2.24) is 19.9 Å². The minimum absolute atomic E-state index is 0.0949. The zero-order valence-corrected chi connectivity index (χ0v) is 14.6. The summed E-state index contributed by atoms with van der Waals surface area (Å²) < 4.78 is 27.1. The van der Waals surface area contributed by atoms with E-state index in [1.54, 1.807) is 11.9 Å². The highest BCUT2D eigenvalue weighted by atomic mass is 32.2. The van der Waals surface area contributed by atoms with Crippen LogP contribution >= 0.6 is 11.8 Å². The van der Waals surface area contributed by atoms with Crippen LogP contribution in [-0.4, -0.2) is 45.2 Å². The van der Waals surface area contributed by atoms with E-state index in [0.29, 0.717) is 17.9 Å². The number of benzene rings is 1. The maximum absolute atomic E-state index is 13.8. The van der Waals surface area contributed by atoms with Gasteiger partial charge in [-0.05, 0) is 6.07 Å². The number of aliphatic hydroxyl groups excluding tert-OH is 1. The number of fused-ring (bicyclic) bond motifs is 1. The molecule has 3 aromatic rings. The molecular formula is C16H15F2N5O2S. The third-order valence-electron chi connectivity index (χ3n) is 3.58. The number of nitrogens with zero attached hydrogens (tertiary/aromatic N) is 4. The van der Waals surface area contributed by atoms with Gasteiger partial charge in [0, 0.05) is 24.9 Å². The van der Waals surface area contributed by atoms with Crippen molar-refractivity contribution in [2.45, 2.75) is 10.9 Å². The van der Waals surface area contributed by atoms with Crippen molar-refractivity contribution in [2.75, 3.05) is 25.1 Å². The maximum Gasteiger partial charge on any atom is 0.268 e. The first-order valence-corrected chi connectivity index (χ1v) is 8.63. The molecule has 3 rings (SSSR count). The van der Waals surface area contributed by atoms with Crippen molar-refractivity contribution < 1.29 is 13.9 Å². The number of thioether (sulfide) groups is 1. The van der Waals surface area contributed by atoms with E-state index in [0.717, 1.165) is 24.0 Å². The van der Waals surface area contributed by atoms with Crippen LogP contribution in [0.2, 0.25) is 0 Å². The Morgan fingerprint density at radius 2 is 2.12 bits per heavy atom. The van der Waals surface area contributed by atoms with Crippen LogP contribution in [0.3, 0.4) is 0 Å². The average Bonchev–Trinajstić information content (AvgIpc) is 2.62. The molecule has 26 heavy (non-hydrogen) atoms. The number of likely N-dealkylation sites (N-methyl/N-ethyl adjacent to an activating group) is 1. The normalized spacial score (nSPS) is 11.1. The molecule has 0 aliphatic rings. The summed E-state index contributed by atoms with van der Waals surface area (Å²) in [7, 11) is 1.71. The topological polar surface area (TPSA) is 95.0 Å². The Kier molecular flexibility index (Phi) is 5.43. The fourth-order valence-corrected chi connectivity index (χ4v) is 3.10. The lowest BCUT2D eigenvalue weighted by Crippen LogP contribution is -2.23. The van der Waals surface area contributed by atoms with E-state index >= 15 is 0 Å². The van der Waals surface area contributed by atoms with Gasteiger partial charge in [0.1, 0.15) is 5.52 Å². The highest BCUT2D eigenvalue weighted by Gasteiger charge is 2.15. The second-order valence-electron chi connectivity index (χ2n) is 5.42. The molecule has 0 radical (unpaired) electrons. The van der Waals surface area contributed by atoms with Crippen LogP contribution in [-0.2, 0) is 5.75 Å². The molecule has 7 nitrogen and oxygen atoms in total. The molecule has 2 aromatic heterocycles. The highest BCUT2D eigenvalue weighted by molar-refractivity contribution is 7.98. The van der Waals surface area contributed by atoms with Gasteiger partial charge in [-0.3, -0.25) is 4.79 Å². The van der Waals surface area contributed by atoms with Gasteiger partial charge in [-0.15, -0.1) is 0 Å². The molecule has 0 atom stereocenters. The number of hydrogen-bond donors (Lipinski definition) is 2. The fraction of sp³-hybridized carbons (Fsp3) is 0.250. The summed E-state index contributed by atoms with van der Waals surface area (Å²) >= 11 is 1.10. The van der Waals surface area contributed by atoms with Crippen molar-refractivity contribution >= 4 is 28.7 Å². The van der Waals surface area contributed by atoms with Gasteiger partial charge < -0.3 is 15.0 Å². The predicted molar refractivity (Wildman–Crippen MR) is 94.2 cm³/mol. The molecule has 0 aliphatic carbocycles. The first-order valence-electron chi connectivity index (χ1n) is 7.64. The Hall–Kier alpha value is -2.59. The van der Waals surface area contributed by atoms with E-state index in [-0.39, 0.29) is 28.7 Å². The molecule has 0 fully saturated rings. The first-order chi connectivity index (χ1) is 12.5. The Morgan fingerprint density at radius 1 is 1.31 bits per heavy atom. The molecule has 0 bridgehead atoms. The van der Waals surface area contributed by atoms with Gasteiger partial charge in [0.15, 0.2) is 28.3 Å². The third-order valence-corrected chi connectivity index (χ3v) is 4.48. The van der Waals surface area contributed by atoms with Crippen molar-refractivity contribution in [3.05, 3.63) is 51.9 Å². The summed E-state index contributed by atoms with van der Waals surface area (Å²) in [6.07, 6.45) is 1.12. The second-order valence-corrected chi connectivity index (χ2v) is 6.36. The third kappa shape index (κ3) is 3.81. The number of rotatable bonds is 6. The van der Waals surface area contributed by atoms with E-state index in [9.17, 15) is 13.6 Å². The Balaban J connectivity index is 1.97. The van der Waals surface area contributed by atoms with Crippen LogP contribution in [0.1, 0.15) is 5.56 Å². The SMILES string of the molecule is CN(CCO)c1nc(SCc2cccc(F)c2F)nc2[nH]c(=O)cnc12. The van der Waals surface area contributed by atoms with Crippen LogP contribution in [0.15, 0.2) is 34.3 Å². The van der Waals surface area contributed by atoms with Gasteiger partial charge in [-0.1, -0.05) is 23.9 Å².